The average Bonchev–Trinajstić information content (AvgIpc) is 2.72. The molecule has 1 fully saturated rings. The topological polar surface area (TPSA) is 21.3 Å². The largest absolute Gasteiger partial charge is 0.491 e. The monoisotopic (exact) mass is 245 g/mol. The third kappa shape index (κ3) is 1.88. The fraction of sp³-hybridized carbons (Fsp3) is 0.500. The minimum atomic E-state index is -1.28. The number of nitrogens with one attached hydrogen (secondary N) is 1. The Morgan fingerprint density at radius 2 is 2.00 bits per heavy atom. The molecule has 0 bridgehead atoms. The first-order valence-corrected chi connectivity index (χ1v) is 5.46. The van der Waals surface area contributed by atoms with Crippen LogP contribution in [0, 0.1) is 17.5 Å². The van der Waals surface area contributed by atoms with Crippen LogP contribution in [0.2, 0.25) is 0 Å². The highest BCUT2D eigenvalue weighted by Crippen LogP contribution is 2.37. The van der Waals surface area contributed by atoms with Crippen molar-refractivity contribution in [2.24, 2.45) is 0 Å². The highest BCUT2D eigenvalue weighted by molar-refractivity contribution is 5.38. The van der Waals surface area contributed by atoms with Gasteiger partial charge in [-0.3, -0.25) is 0 Å². The first-order valence-electron chi connectivity index (χ1n) is 5.46. The van der Waals surface area contributed by atoms with E-state index in [1.54, 1.807) is 6.92 Å². The second kappa shape index (κ2) is 4.22. The molecule has 0 amide bonds. The van der Waals surface area contributed by atoms with Crippen LogP contribution in [0.3, 0.4) is 0 Å². The fourth-order valence-electron chi connectivity index (χ4n) is 2.29. The van der Waals surface area contributed by atoms with Gasteiger partial charge < -0.3 is 10.1 Å². The predicted molar refractivity (Wildman–Crippen MR) is 57.5 cm³/mol. The van der Waals surface area contributed by atoms with Crippen LogP contribution in [-0.2, 0) is 5.54 Å². The van der Waals surface area contributed by atoms with Gasteiger partial charge in [-0.05, 0) is 32.4 Å². The fourth-order valence-corrected chi connectivity index (χ4v) is 2.29. The minimum Gasteiger partial charge on any atom is -0.491 e. The van der Waals surface area contributed by atoms with Crippen LogP contribution >= 0.6 is 0 Å². The zero-order chi connectivity index (χ0) is 12.6. The van der Waals surface area contributed by atoms with Gasteiger partial charge in [-0.15, -0.1) is 0 Å². The molecule has 1 aromatic carbocycles. The van der Waals surface area contributed by atoms with Crippen LogP contribution < -0.4 is 10.1 Å². The summed E-state index contributed by atoms with van der Waals surface area (Å²) < 4.78 is 45.3. The molecule has 1 aromatic rings. The molecule has 2 nitrogen and oxygen atoms in total. The van der Waals surface area contributed by atoms with E-state index in [4.69, 9.17) is 0 Å². The molecular formula is C12H14F3NO. The van der Waals surface area contributed by atoms with Gasteiger partial charge in [0.1, 0.15) is 0 Å². The second-order valence-electron chi connectivity index (χ2n) is 4.43. The Balaban J connectivity index is 2.58. The van der Waals surface area contributed by atoms with Crippen molar-refractivity contribution in [1.82, 2.24) is 5.32 Å². The molecule has 5 heteroatoms. The summed E-state index contributed by atoms with van der Waals surface area (Å²) >= 11 is 0. The Bertz CT molecular complexity index is 442. The van der Waals surface area contributed by atoms with E-state index >= 15 is 0 Å². The molecule has 17 heavy (non-hydrogen) atoms. The SMILES string of the molecule is COc1c(F)c(F)cc(C2(C)CCCN2)c1F. The van der Waals surface area contributed by atoms with Crippen molar-refractivity contribution in [3.63, 3.8) is 0 Å². The zero-order valence-electron chi connectivity index (χ0n) is 9.74. The maximum absolute atomic E-state index is 14.0. The molecule has 0 aliphatic carbocycles. The van der Waals surface area contributed by atoms with Gasteiger partial charge in [0.15, 0.2) is 17.4 Å². The molecule has 2 rings (SSSR count). The molecular weight excluding hydrogens is 231 g/mol. The highest BCUT2D eigenvalue weighted by atomic mass is 19.2. The van der Waals surface area contributed by atoms with Crippen LogP contribution in [-0.4, -0.2) is 13.7 Å². The van der Waals surface area contributed by atoms with Crippen molar-refractivity contribution in [2.75, 3.05) is 13.7 Å². The van der Waals surface area contributed by atoms with Gasteiger partial charge in [-0.1, -0.05) is 0 Å². The highest BCUT2D eigenvalue weighted by Gasteiger charge is 2.35. The van der Waals surface area contributed by atoms with Gasteiger partial charge in [0.05, 0.1) is 7.11 Å². The van der Waals surface area contributed by atoms with Crippen LogP contribution in [0.15, 0.2) is 6.07 Å². The number of rotatable bonds is 2. The number of hydrogen-bond acceptors (Lipinski definition) is 2. The third-order valence-electron chi connectivity index (χ3n) is 3.28. The van der Waals surface area contributed by atoms with Gasteiger partial charge in [0.25, 0.3) is 0 Å². The summed E-state index contributed by atoms with van der Waals surface area (Å²) in [5, 5.41) is 3.10. The summed E-state index contributed by atoms with van der Waals surface area (Å²) in [7, 11) is 1.12. The van der Waals surface area contributed by atoms with Crippen LogP contribution in [0.1, 0.15) is 25.3 Å². The van der Waals surface area contributed by atoms with E-state index < -0.39 is 28.7 Å². The standard InChI is InChI=1S/C12H14F3NO/c1-12(4-3-5-16-12)7-6-8(13)10(15)11(17-2)9(7)14/h6,16H,3-5H2,1-2H3. The molecule has 1 aliphatic rings. The van der Waals surface area contributed by atoms with E-state index in [1.165, 1.54) is 0 Å². The van der Waals surface area contributed by atoms with E-state index in [9.17, 15) is 13.2 Å². The molecule has 1 N–H and O–H groups in total. The summed E-state index contributed by atoms with van der Waals surface area (Å²) in [6.07, 6.45) is 1.55. The number of benzene rings is 1. The van der Waals surface area contributed by atoms with Gasteiger partial charge >= 0.3 is 0 Å². The Morgan fingerprint density at radius 3 is 2.53 bits per heavy atom. The van der Waals surface area contributed by atoms with E-state index in [0.29, 0.717) is 6.42 Å². The van der Waals surface area contributed by atoms with E-state index in [1.807, 2.05) is 0 Å². The molecule has 1 unspecified atom stereocenters. The molecule has 1 atom stereocenters. The van der Waals surface area contributed by atoms with Crippen molar-refractivity contribution in [2.45, 2.75) is 25.3 Å². The second-order valence-corrected chi connectivity index (χ2v) is 4.43. The first-order chi connectivity index (χ1) is 7.99. The lowest BCUT2D eigenvalue weighted by atomic mass is 9.89. The van der Waals surface area contributed by atoms with Gasteiger partial charge in [-0.25, -0.2) is 8.78 Å². The van der Waals surface area contributed by atoms with Crippen molar-refractivity contribution >= 4 is 0 Å². The van der Waals surface area contributed by atoms with Crippen molar-refractivity contribution in [3.05, 3.63) is 29.1 Å². The quantitative estimate of drug-likeness (QED) is 0.809. The lowest BCUT2D eigenvalue weighted by Gasteiger charge is -2.26. The molecule has 0 spiro atoms. The lowest BCUT2D eigenvalue weighted by molar-refractivity contribution is 0.329. The zero-order valence-corrected chi connectivity index (χ0v) is 9.74. The summed E-state index contributed by atoms with van der Waals surface area (Å²) in [4.78, 5) is 0. The van der Waals surface area contributed by atoms with E-state index in [-0.39, 0.29) is 5.56 Å². The van der Waals surface area contributed by atoms with Crippen molar-refractivity contribution < 1.29 is 17.9 Å². The van der Waals surface area contributed by atoms with E-state index in [0.717, 1.165) is 26.1 Å². The normalized spacial score (nSPS) is 24.1. The molecule has 0 aromatic heterocycles. The summed E-state index contributed by atoms with van der Waals surface area (Å²) in [6.45, 7) is 2.51. The first kappa shape index (κ1) is 12.2. The number of hydrogen-bond donors (Lipinski definition) is 1. The summed E-state index contributed by atoms with van der Waals surface area (Å²) in [6, 6.07) is 0.908. The van der Waals surface area contributed by atoms with Crippen LogP contribution in [0.25, 0.3) is 0 Å². The number of halogens is 3. The lowest BCUT2D eigenvalue weighted by Crippen LogP contribution is -2.34. The molecule has 0 saturated carbocycles. The van der Waals surface area contributed by atoms with Gasteiger partial charge in [0, 0.05) is 11.1 Å². The number of ether oxygens (including phenoxy) is 1. The van der Waals surface area contributed by atoms with E-state index in [2.05, 4.69) is 10.1 Å². The molecule has 1 heterocycles. The Labute approximate surface area is 97.8 Å². The average molecular weight is 245 g/mol. The minimum absolute atomic E-state index is 0.116. The predicted octanol–water partition coefficient (Wildman–Crippen LogP) is 2.71. The van der Waals surface area contributed by atoms with Crippen LogP contribution in [0.4, 0.5) is 13.2 Å². The van der Waals surface area contributed by atoms with Crippen molar-refractivity contribution in [1.29, 1.82) is 0 Å². The molecule has 0 radical (unpaired) electrons. The number of methoxy groups -OCH3 is 1. The maximum atomic E-state index is 14.0. The summed E-state index contributed by atoms with van der Waals surface area (Å²) in [5.74, 6) is -3.86. The molecule has 1 aliphatic heterocycles. The molecule has 1 saturated heterocycles. The smallest absolute Gasteiger partial charge is 0.203 e. The van der Waals surface area contributed by atoms with Crippen LogP contribution in [0.5, 0.6) is 5.75 Å². The maximum Gasteiger partial charge on any atom is 0.203 e. The van der Waals surface area contributed by atoms with Gasteiger partial charge in [-0.2, -0.15) is 4.39 Å². The Morgan fingerprint density at radius 1 is 1.29 bits per heavy atom. The van der Waals surface area contributed by atoms with Gasteiger partial charge in [0.2, 0.25) is 5.82 Å². The van der Waals surface area contributed by atoms with Crippen molar-refractivity contribution in [3.8, 4) is 5.75 Å². The molecule has 94 valence electrons. The third-order valence-corrected chi connectivity index (χ3v) is 3.28. The Kier molecular flexibility index (Phi) is 3.03. The Hall–Kier alpha value is -1.23. The summed E-state index contributed by atoms with van der Waals surface area (Å²) in [5.41, 5.74) is -0.544.